The first kappa shape index (κ1) is 15.0. The molecule has 0 radical (unpaired) electrons. The van der Waals surface area contributed by atoms with Crippen molar-refractivity contribution in [3.8, 4) is 0 Å². The molecule has 0 saturated carbocycles. The Bertz CT molecular complexity index is 343. The summed E-state index contributed by atoms with van der Waals surface area (Å²) in [5, 5.41) is 14.5. The van der Waals surface area contributed by atoms with Gasteiger partial charge in [-0.1, -0.05) is 32.8 Å². The van der Waals surface area contributed by atoms with Crippen LogP contribution in [-0.2, 0) is 0 Å². The summed E-state index contributed by atoms with van der Waals surface area (Å²) in [5.74, 6) is 0.640. The van der Waals surface area contributed by atoms with E-state index in [0.717, 1.165) is 25.9 Å². The van der Waals surface area contributed by atoms with Gasteiger partial charge in [-0.25, -0.2) is 0 Å². The van der Waals surface area contributed by atoms with Crippen LogP contribution in [-0.4, -0.2) is 23.3 Å². The Balaban J connectivity index is 2.38. The summed E-state index contributed by atoms with van der Waals surface area (Å²) in [6.45, 7) is 12.6. The molecule has 104 valence electrons. The smallest absolute Gasteiger partial charge is 0.315 e. The molecule has 0 aliphatic rings. The molecule has 0 bridgehead atoms. The third-order valence-corrected chi connectivity index (χ3v) is 2.66. The van der Waals surface area contributed by atoms with Crippen LogP contribution < -0.4 is 10.6 Å². The molecule has 0 saturated heterocycles. The van der Waals surface area contributed by atoms with Crippen molar-refractivity contribution in [3.05, 3.63) is 5.89 Å². The maximum absolute atomic E-state index is 5.56. The van der Waals surface area contributed by atoms with Crippen molar-refractivity contribution in [1.82, 2.24) is 15.5 Å². The minimum atomic E-state index is 0.107. The van der Waals surface area contributed by atoms with Crippen molar-refractivity contribution in [3.63, 3.8) is 0 Å². The van der Waals surface area contributed by atoms with Gasteiger partial charge in [0.1, 0.15) is 0 Å². The third-order valence-electron chi connectivity index (χ3n) is 2.66. The van der Waals surface area contributed by atoms with E-state index >= 15 is 0 Å². The van der Waals surface area contributed by atoms with Gasteiger partial charge in [0.05, 0.1) is 6.04 Å². The molecule has 0 aliphatic heterocycles. The van der Waals surface area contributed by atoms with E-state index in [1.807, 2.05) is 6.92 Å². The van der Waals surface area contributed by atoms with E-state index in [2.05, 4.69) is 48.5 Å². The van der Waals surface area contributed by atoms with E-state index < -0.39 is 0 Å². The predicted molar refractivity (Wildman–Crippen MR) is 73.6 cm³/mol. The van der Waals surface area contributed by atoms with Gasteiger partial charge in [0.2, 0.25) is 5.89 Å². The zero-order valence-electron chi connectivity index (χ0n) is 12.2. The average molecular weight is 254 g/mol. The standard InChI is InChI=1S/C13H26N4O/c1-6-8-14-10(2)11-16-17-12(18-11)15-9-7-13(3,4)5/h10,14H,6-9H2,1-5H3,(H,15,17). The van der Waals surface area contributed by atoms with Crippen molar-refractivity contribution in [1.29, 1.82) is 0 Å². The zero-order valence-corrected chi connectivity index (χ0v) is 12.2. The Hall–Kier alpha value is -1.10. The largest absolute Gasteiger partial charge is 0.406 e. The lowest BCUT2D eigenvalue weighted by molar-refractivity contribution is 0.385. The minimum Gasteiger partial charge on any atom is -0.406 e. The summed E-state index contributed by atoms with van der Waals surface area (Å²) in [6.07, 6.45) is 2.16. The second-order valence-corrected chi connectivity index (χ2v) is 5.86. The lowest BCUT2D eigenvalue weighted by Crippen LogP contribution is -2.19. The van der Waals surface area contributed by atoms with Gasteiger partial charge in [-0.3, -0.25) is 0 Å². The Morgan fingerprint density at radius 1 is 1.22 bits per heavy atom. The maximum Gasteiger partial charge on any atom is 0.315 e. The second-order valence-electron chi connectivity index (χ2n) is 5.86. The molecule has 1 rings (SSSR count). The van der Waals surface area contributed by atoms with Crippen LogP contribution in [0.3, 0.4) is 0 Å². The van der Waals surface area contributed by atoms with E-state index in [0.29, 0.717) is 17.3 Å². The summed E-state index contributed by atoms with van der Waals surface area (Å²) in [6, 6.07) is 0.620. The molecule has 1 aromatic rings. The summed E-state index contributed by atoms with van der Waals surface area (Å²) in [7, 11) is 0. The Labute approximate surface area is 110 Å². The zero-order chi connectivity index (χ0) is 13.6. The van der Waals surface area contributed by atoms with Crippen LogP contribution in [0.4, 0.5) is 6.01 Å². The van der Waals surface area contributed by atoms with Crippen molar-refractivity contribution in [2.75, 3.05) is 18.4 Å². The number of rotatable bonds is 7. The highest BCUT2D eigenvalue weighted by molar-refractivity contribution is 5.17. The van der Waals surface area contributed by atoms with E-state index in [1.54, 1.807) is 0 Å². The molecule has 0 aromatic carbocycles. The monoisotopic (exact) mass is 254 g/mol. The average Bonchev–Trinajstić information content (AvgIpc) is 2.73. The number of hydrogen-bond acceptors (Lipinski definition) is 5. The molecular formula is C13H26N4O. The van der Waals surface area contributed by atoms with Crippen LogP contribution in [0.1, 0.15) is 59.4 Å². The molecule has 0 amide bonds. The van der Waals surface area contributed by atoms with Gasteiger partial charge in [-0.05, 0) is 31.7 Å². The van der Waals surface area contributed by atoms with Crippen molar-refractivity contribution in [2.45, 2.75) is 53.5 Å². The Kier molecular flexibility index (Phi) is 5.59. The molecule has 2 N–H and O–H groups in total. The summed E-state index contributed by atoms with van der Waals surface area (Å²) < 4.78 is 5.56. The maximum atomic E-state index is 5.56. The topological polar surface area (TPSA) is 63.0 Å². The lowest BCUT2D eigenvalue weighted by Gasteiger charge is -2.17. The molecule has 18 heavy (non-hydrogen) atoms. The number of anilines is 1. The van der Waals surface area contributed by atoms with E-state index in [1.165, 1.54) is 0 Å². The van der Waals surface area contributed by atoms with Gasteiger partial charge in [-0.15, -0.1) is 5.10 Å². The molecule has 1 heterocycles. The normalized spacial score (nSPS) is 13.6. The lowest BCUT2D eigenvalue weighted by atomic mass is 9.92. The van der Waals surface area contributed by atoms with Crippen molar-refractivity contribution >= 4 is 6.01 Å². The van der Waals surface area contributed by atoms with Crippen LogP contribution >= 0.6 is 0 Å². The Morgan fingerprint density at radius 3 is 2.56 bits per heavy atom. The quantitative estimate of drug-likeness (QED) is 0.783. The number of nitrogens with zero attached hydrogens (tertiary/aromatic N) is 2. The van der Waals surface area contributed by atoms with Gasteiger partial charge in [-0.2, -0.15) is 0 Å². The van der Waals surface area contributed by atoms with E-state index in [4.69, 9.17) is 4.42 Å². The molecule has 0 fully saturated rings. The first-order valence-electron chi connectivity index (χ1n) is 6.73. The van der Waals surface area contributed by atoms with Gasteiger partial charge in [0.15, 0.2) is 0 Å². The van der Waals surface area contributed by atoms with Gasteiger partial charge in [0, 0.05) is 6.54 Å². The van der Waals surface area contributed by atoms with Crippen LogP contribution in [0.2, 0.25) is 0 Å². The second kappa shape index (κ2) is 6.73. The highest BCUT2D eigenvalue weighted by Crippen LogP contribution is 2.19. The van der Waals surface area contributed by atoms with E-state index in [9.17, 15) is 0 Å². The fraction of sp³-hybridized carbons (Fsp3) is 0.846. The molecule has 5 heteroatoms. The number of aromatic nitrogens is 2. The van der Waals surface area contributed by atoms with Gasteiger partial charge >= 0.3 is 6.01 Å². The first-order valence-corrected chi connectivity index (χ1v) is 6.73. The van der Waals surface area contributed by atoms with Crippen LogP contribution in [0.15, 0.2) is 4.42 Å². The number of nitrogens with one attached hydrogen (secondary N) is 2. The summed E-state index contributed by atoms with van der Waals surface area (Å²) in [4.78, 5) is 0. The molecule has 5 nitrogen and oxygen atoms in total. The third kappa shape index (κ3) is 5.49. The highest BCUT2D eigenvalue weighted by atomic mass is 16.4. The highest BCUT2D eigenvalue weighted by Gasteiger charge is 2.14. The molecular weight excluding hydrogens is 228 g/mol. The molecule has 0 spiro atoms. The van der Waals surface area contributed by atoms with Crippen molar-refractivity contribution < 1.29 is 4.42 Å². The van der Waals surface area contributed by atoms with Crippen LogP contribution in [0.25, 0.3) is 0 Å². The van der Waals surface area contributed by atoms with Gasteiger partial charge in [0.25, 0.3) is 0 Å². The van der Waals surface area contributed by atoms with Crippen LogP contribution in [0, 0.1) is 5.41 Å². The molecule has 0 aliphatic carbocycles. The molecule has 1 atom stereocenters. The fourth-order valence-electron chi connectivity index (χ4n) is 1.47. The van der Waals surface area contributed by atoms with E-state index in [-0.39, 0.29) is 6.04 Å². The number of hydrogen-bond donors (Lipinski definition) is 2. The minimum absolute atomic E-state index is 0.107. The summed E-state index contributed by atoms with van der Waals surface area (Å²) >= 11 is 0. The molecule has 1 unspecified atom stereocenters. The summed E-state index contributed by atoms with van der Waals surface area (Å²) in [5.41, 5.74) is 0.311. The molecule has 1 aromatic heterocycles. The fourth-order valence-corrected chi connectivity index (χ4v) is 1.47. The SMILES string of the molecule is CCCNC(C)c1nnc(NCCC(C)(C)C)o1. The van der Waals surface area contributed by atoms with Gasteiger partial charge < -0.3 is 15.1 Å². The van der Waals surface area contributed by atoms with Crippen LogP contribution in [0.5, 0.6) is 0 Å². The van der Waals surface area contributed by atoms with Crippen molar-refractivity contribution in [2.24, 2.45) is 5.41 Å². The first-order chi connectivity index (χ1) is 8.42. The Morgan fingerprint density at radius 2 is 1.94 bits per heavy atom. The predicted octanol–water partition coefficient (Wildman–Crippen LogP) is 2.98.